The van der Waals surface area contributed by atoms with E-state index in [0.717, 1.165) is 11.8 Å². The third-order valence-corrected chi connectivity index (χ3v) is 4.64. The van der Waals surface area contributed by atoms with Crippen LogP contribution in [0.25, 0.3) is 6.08 Å². The van der Waals surface area contributed by atoms with E-state index in [2.05, 4.69) is 5.92 Å². The lowest BCUT2D eigenvalue weighted by Gasteiger charge is -2.12. The average molecular weight is 396 g/mol. The molecule has 0 spiro atoms. The second-order valence-corrected chi connectivity index (χ2v) is 6.61. The summed E-state index contributed by atoms with van der Waals surface area (Å²) in [6, 6.07) is 3.28. The Kier molecular flexibility index (Phi) is 7.39. The zero-order chi connectivity index (χ0) is 19.1. The van der Waals surface area contributed by atoms with Crippen LogP contribution in [0, 0.1) is 12.3 Å². The van der Waals surface area contributed by atoms with E-state index in [-0.39, 0.29) is 17.8 Å². The number of rotatable bonds is 8. The number of amides is 2. The summed E-state index contributed by atoms with van der Waals surface area (Å²) in [7, 11) is 3.05. The number of methoxy groups -OCH3 is 2. The van der Waals surface area contributed by atoms with E-state index in [4.69, 9.17) is 32.2 Å². The lowest BCUT2D eigenvalue weighted by Crippen LogP contribution is -2.29. The highest BCUT2D eigenvalue weighted by molar-refractivity contribution is 8.18. The lowest BCUT2D eigenvalue weighted by molar-refractivity contribution is -0.122. The Labute approximate surface area is 161 Å². The number of nitrogens with zero attached hydrogens (tertiary/aromatic N) is 1. The van der Waals surface area contributed by atoms with Crippen molar-refractivity contribution in [1.29, 1.82) is 0 Å². The Morgan fingerprint density at radius 3 is 2.77 bits per heavy atom. The van der Waals surface area contributed by atoms with Gasteiger partial charge in [0.15, 0.2) is 11.5 Å². The van der Waals surface area contributed by atoms with Crippen molar-refractivity contribution in [3.8, 4) is 23.8 Å². The minimum atomic E-state index is -0.334. The van der Waals surface area contributed by atoms with Gasteiger partial charge in [-0.1, -0.05) is 17.5 Å². The molecule has 1 fully saturated rings. The van der Waals surface area contributed by atoms with Crippen molar-refractivity contribution in [3.05, 3.63) is 27.6 Å². The molecule has 8 heteroatoms. The minimum absolute atomic E-state index is 0.0514. The predicted molar refractivity (Wildman–Crippen MR) is 102 cm³/mol. The molecule has 1 heterocycles. The van der Waals surface area contributed by atoms with Crippen molar-refractivity contribution in [2.75, 3.05) is 34.0 Å². The van der Waals surface area contributed by atoms with Crippen molar-refractivity contribution >= 4 is 40.6 Å². The largest absolute Gasteiger partial charge is 0.493 e. The average Bonchev–Trinajstić information content (AvgIpc) is 2.88. The van der Waals surface area contributed by atoms with Gasteiger partial charge in [0.2, 0.25) is 0 Å². The molecular weight excluding hydrogens is 378 g/mol. The van der Waals surface area contributed by atoms with Crippen molar-refractivity contribution in [2.45, 2.75) is 6.42 Å². The molecule has 1 aromatic rings. The molecule has 1 aliphatic heterocycles. The van der Waals surface area contributed by atoms with Gasteiger partial charge >= 0.3 is 0 Å². The Morgan fingerprint density at radius 1 is 1.35 bits per heavy atom. The van der Waals surface area contributed by atoms with Crippen LogP contribution < -0.4 is 9.47 Å². The summed E-state index contributed by atoms with van der Waals surface area (Å²) in [5.41, 5.74) is 0.613. The number of imide groups is 1. The second kappa shape index (κ2) is 9.53. The molecule has 26 heavy (non-hydrogen) atoms. The predicted octanol–water partition coefficient (Wildman–Crippen LogP) is 3.43. The van der Waals surface area contributed by atoms with Gasteiger partial charge in [0.25, 0.3) is 11.1 Å². The van der Waals surface area contributed by atoms with Crippen LogP contribution in [0.1, 0.15) is 12.0 Å². The van der Waals surface area contributed by atoms with Crippen LogP contribution in [0.15, 0.2) is 17.0 Å². The standard InChI is InChI=1S/C18H18ClNO5S/c1-4-7-25-16-13(19)9-12(10-14(16)24-3)11-15-17(21)20(18(22)26-15)6-5-8-23-2/h1,9-11H,5-8H2,2-3H3/b15-11+. The van der Waals surface area contributed by atoms with E-state index >= 15 is 0 Å². The van der Waals surface area contributed by atoms with E-state index in [1.165, 1.54) is 12.0 Å². The van der Waals surface area contributed by atoms with Crippen LogP contribution in [0.4, 0.5) is 4.79 Å². The fourth-order valence-electron chi connectivity index (χ4n) is 2.29. The monoisotopic (exact) mass is 395 g/mol. The molecule has 0 bridgehead atoms. The van der Waals surface area contributed by atoms with Crippen molar-refractivity contribution in [3.63, 3.8) is 0 Å². The number of ether oxygens (including phenoxy) is 3. The molecule has 1 aromatic carbocycles. The van der Waals surface area contributed by atoms with Crippen LogP contribution in [0.2, 0.25) is 5.02 Å². The minimum Gasteiger partial charge on any atom is -0.493 e. The Morgan fingerprint density at radius 2 is 2.12 bits per heavy atom. The molecule has 6 nitrogen and oxygen atoms in total. The normalized spacial score (nSPS) is 15.5. The van der Waals surface area contributed by atoms with E-state index in [9.17, 15) is 9.59 Å². The number of carbonyl (C=O) groups is 2. The molecule has 0 saturated carbocycles. The Bertz CT molecular complexity index is 772. The maximum atomic E-state index is 12.4. The molecule has 1 saturated heterocycles. The lowest BCUT2D eigenvalue weighted by atomic mass is 10.1. The van der Waals surface area contributed by atoms with Gasteiger partial charge < -0.3 is 14.2 Å². The first-order valence-corrected chi connectivity index (χ1v) is 8.89. The topological polar surface area (TPSA) is 65.1 Å². The highest BCUT2D eigenvalue weighted by Crippen LogP contribution is 2.38. The molecule has 0 unspecified atom stereocenters. The first-order chi connectivity index (χ1) is 12.5. The van der Waals surface area contributed by atoms with Crippen LogP contribution >= 0.6 is 23.4 Å². The molecule has 0 radical (unpaired) electrons. The van der Waals surface area contributed by atoms with Gasteiger partial charge in [-0.15, -0.1) is 6.42 Å². The number of carbonyl (C=O) groups excluding carboxylic acids is 2. The summed E-state index contributed by atoms with van der Waals surface area (Å²) in [5.74, 6) is 2.74. The van der Waals surface area contributed by atoms with E-state index in [0.29, 0.717) is 46.6 Å². The van der Waals surface area contributed by atoms with E-state index in [1.807, 2.05) is 0 Å². The number of terminal acetylenes is 1. The number of hydrogen-bond donors (Lipinski definition) is 0. The second-order valence-electron chi connectivity index (χ2n) is 5.21. The van der Waals surface area contributed by atoms with Gasteiger partial charge in [-0.05, 0) is 42.0 Å². The fourth-order valence-corrected chi connectivity index (χ4v) is 3.43. The Hall–Kier alpha value is -2.14. The number of benzene rings is 1. The van der Waals surface area contributed by atoms with Gasteiger partial charge in [0.1, 0.15) is 6.61 Å². The Balaban J connectivity index is 2.24. The van der Waals surface area contributed by atoms with Gasteiger partial charge in [-0.3, -0.25) is 14.5 Å². The van der Waals surface area contributed by atoms with Crippen LogP contribution in [-0.4, -0.2) is 50.0 Å². The summed E-state index contributed by atoms with van der Waals surface area (Å²) >= 11 is 7.12. The summed E-state index contributed by atoms with van der Waals surface area (Å²) in [5, 5.41) is -0.00504. The SMILES string of the molecule is C#CCOc1c(Cl)cc(/C=C2/SC(=O)N(CCCOC)C2=O)cc1OC. The third kappa shape index (κ3) is 4.73. The first-order valence-electron chi connectivity index (χ1n) is 7.70. The highest BCUT2D eigenvalue weighted by atomic mass is 35.5. The zero-order valence-corrected chi connectivity index (χ0v) is 16.0. The van der Waals surface area contributed by atoms with Crippen molar-refractivity contribution in [2.24, 2.45) is 0 Å². The number of halogens is 1. The molecule has 0 atom stereocenters. The summed E-state index contributed by atoms with van der Waals surface area (Å²) < 4.78 is 15.6. The molecular formula is C18H18ClNO5S. The first kappa shape index (κ1) is 20.2. The van der Waals surface area contributed by atoms with Gasteiger partial charge in [-0.25, -0.2) is 0 Å². The van der Waals surface area contributed by atoms with Gasteiger partial charge in [0.05, 0.1) is 17.0 Å². The highest BCUT2D eigenvalue weighted by Gasteiger charge is 2.34. The molecule has 0 aromatic heterocycles. The third-order valence-electron chi connectivity index (χ3n) is 3.45. The molecule has 1 aliphatic rings. The molecule has 0 aliphatic carbocycles. The van der Waals surface area contributed by atoms with Crippen LogP contribution in [-0.2, 0) is 9.53 Å². The number of thioether (sulfide) groups is 1. The quantitative estimate of drug-likeness (QED) is 0.381. The number of hydrogen-bond acceptors (Lipinski definition) is 6. The van der Waals surface area contributed by atoms with Gasteiger partial charge in [0, 0.05) is 20.3 Å². The van der Waals surface area contributed by atoms with Crippen molar-refractivity contribution < 1.29 is 23.8 Å². The molecule has 138 valence electrons. The maximum Gasteiger partial charge on any atom is 0.293 e. The van der Waals surface area contributed by atoms with Crippen LogP contribution in [0.5, 0.6) is 11.5 Å². The molecule has 2 amide bonds. The zero-order valence-electron chi connectivity index (χ0n) is 14.4. The van der Waals surface area contributed by atoms with E-state index in [1.54, 1.807) is 25.3 Å². The summed E-state index contributed by atoms with van der Waals surface area (Å²) in [4.78, 5) is 26.0. The molecule has 2 rings (SSSR count). The summed E-state index contributed by atoms with van der Waals surface area (Å²) in [6.07, 6.45) is 7.37. The maximum absolute atomic E-state index is 12.4. The van der Waals surface area contributed by atoms with E-state index < -0.39 is 0 Å². The smallest absolute Gasteiger partial charge is 0.293 e. The van der Waals surface area contributed by atoms with Gasteiger partial charge in [-0.2, -0.15) is 0 Å². The molecule has 0 N–H and O–H groups in total. The van der Waals surface area contributed by atoms with Crippen LogP contribution in [0.3, 0.4) is 0 Å². The summed E-state index contributed by atoms with van der Waals surface area (Å²) in [6.45, 7) is 0.848. The van der Waals surface area contributed by atoms with Crippen molar-refractivity contribution in [1.82, 2.24) is 4.90 Å². The fraction of sp³-hybridized carbons (Fsp3) is 0.333.